The average molecular weight is 336 g/mol. The van der Waals surface area contributed by atoms with E-state index in [0.29, 0.717) is 9.62 Å². The smallest absolute Gasteiger partial charge is 0.185 e. The van der Waals surface area contributed by atoms with E-state index in [9.17, 15) is 0 Å². The molecule has 0 aliphatic heterocycles. The van der Waals surface area contributed by atoms with E-state index in [4.69, 9.17) is 23.2 Å². The van der Waals surface area contributed by atoms with Crippen LogP contribution in [-0.4, -0.2) is 4.98 Å². The summed E-state index contributed by atoms with van der Waals surface area (Å²) in [5.74, 6) is 0. The molecule has 0 saturated heterocycles. The summed E-state index contributed by atoms with van der Waals surface area (Å²) in [4.78, 5) is 5.39. The molecule has 0 aromatic carbocycles. The van der Waals surface area contributed by atoms with Gasteiger partial charge in [-0.05, 0) is 12.8 Å². The highest BCUT2D eigenvalue weighted by atomic mass is 35.5. The highest BCUT2D eigenvalue weighted by molar-refractivity contribution is 7.16. The largest absolute Gasteiger partial charge is 0.213 e. The highest BCUT2D eigenvalue weighted by Gasteiger charge is 2.30. The van der Waals surface area contributed by atoms with Crippen molar-refractivity contribution in [1.82, 2.24) is 4.98 Å². The lowest BCUT2D eigenvalue weighted by molar-refractivity contribution is 0.371. The maximum absolute atomic E-state index is 6.30. The van der Waals surface area contributed by atoms with E-state index in [1.807, 2.05) is 0 Å². The Morgan fingerprint density at radius 1 is 0.950 bits per heavy atom. The average Bonchev–Trinajstić information content (AvgIpc) is 2.75. The van der Waals surface area contributed by atoms with Crippen molar-refractivity contribution >= 4 is 34.5 Å². The SMILES string of the molecule is CCCCCCC(C)(CCCCC)c1sc(Cl)nc1Cl. The molecular weight excluding hydrogens is 309 g/mol. The first-order chi connectivity index (χ1) is 9.53. The number of rotatable bonds is 10. The molecule has 1 rings (SSSR count). The van der Waals surface area contributed by atoms with Crippen LogP contribution in [0.4, 0.5) is 0 Å². The van der Waals surface area contributed by atoms with Crippen LogP contribution in [0.3, 0.4) is 0 Å². The van der Waals surface area contributed by atoms with Crippen LogP contribution < -0.4 is 0 Å². The van der Waals surface area contributed by atoms with Gasteiger partial charge in [0.15, 0.2) is 4.47 Å². The summed E-state index contributed by atoms with van der Waals surface area (Å²) in [6.07, 6.45) is 11.3. The van der Waals surface area contributed by atoms with Gasteiger partial charge >= 0.3 is 0 Å². The van der Waals surface area contributed by atoms with Crippen LogP contribution in [0.15, 0.2) is 0 Å². The molecule has 1 aromatic heterocycles. The fourth-order valence-corrected chi connectivity index (χ4v) is 4.43. The van der Waals surface area contributed by atoms with Gasteiger partial charge < -0.3 is 0 Å². The van der Waals surface area contributed by atoms with Crippen LogP contribution in [-0.2, 0) is 5.41 Å². The summed E-state index contributed by atoms with van der Waals surface area (Å²) in [6, 6.07) is 0. The number of unbranched alkanes of at least 4 members (excludes halogenated alkanes) is 5. The molecule has 0 fully saturated rings. The lowest BCUT2D eigenvalue weighted by Crippen LogP contribution is -2.21. The van der Waals surface area contributed by atoms with Crippen molar-refractivity contribution in [2.24, 2.45) is 0 Å². The highest BCUT2D eigenvalue weighted by Crippen LogP contribution is 2.43. The van der Waals surface area contributed by atoms with Crippen LogP contribution in [0.1, 0.15) is 83.4 Å². The Labute approximate surface area is 138 Å². The third-order valence-corrected chi connectivity index (χ3v) is 5.87. The number of halogens is 2. The first kappa shape index (κ1) is 18.3. The normalized spacial score (nSPS) is 14.4. The molecule has 0 N–H and O–H groups in total. The standard InChI is InChI=1S/C16H27Cl2NS/c1-4-6-8-10-12-16(3,11-9-7-5-2)13-14(17)19-15(18)20-13/h4-12H2,1-3H3. The molecule has 0 bridgehead atoms. The Hall–Kier alpha value is 0.210. The summed E-state index contributed by atoms with van der Waals surface area (Å²) in [6.45, 7) is 6.83. The third kappa shape index (κ3) is 5.54. The van der Waals surface area contributed by atoms with Crippen LogP contribution >= 0.6 is 34.5 Å². The van der Waals surface area contributed by atoms with Crippen LogP contribution in [0.2, 0.25) is 9.62 Å². The van der Waals surface area contributed by atoms with Gasteiger partial charge in [0.1, 0.15) is 5.15 Å². The quantitative estimate of drug-likeness (QED) is 0.410. The van der Waals surface area contributed by atoms with E-state index in [-0.39, 0.29) is 5.41 Å². The second-order valence-corrected chi connectivity index (χ2v) is 7.85. The predicted octanol–water partition coefficient (Wildman–Crippen LogP) is 7.26. The molecule has 0 radical (unpaired) electrons. The zero-order valence-electron chi connectivity index (χ0n) is 13.0. The van der Waals surface area contributed by atoms with Crippen LogP contribution in [0.5, 0.6) is 0 Å². The molecule has 4 heteroatoms. The van der Waals surface area contributed by atoms with Gasteiger partial charge in [-0.25, -0.2) is 4.98 Å². The molecule has 0 spiro atoms. The maximum atomic E-state index is 6.30. The fraction of sp³-hybridized carbons (Fsp3) is 0.812. The monoisotopic (exact) mass is 335 g/mol. The molecule has 1 aromatic rings. The topological polar surface area (TPSA) is 12.9 Å². The van der Waals surface area contributed by atoms with Crippen LogP contribution in [0.25, 0.3) is 0 Å². The molecular formula is C16H27Cl2NS. The molecule has 1 heterocycles. The number of thiazole rings is 1. The zero-order chi connectivity index (χ0) is 15.0. The molecule has 1 unspecified atom stereocenters. The van der Waals surface area contributed by atoms with Crippen molar-refractivity contribution in [2.75, 3.05) is 0 Å². The van der Waals surface area contributed by atoms with Crippen LogP contribution in [0, 0.1) is 0 Å². The van der Waals surface area contributed by atoms with Gasteiger partial charge in [0, 0.05) is 5.41 Å². The Kier molecular flexibility index (Phi) is 8.47. The van der Waals surface area contributed by atoms with Gasteiger partial charge in [-0.3, -0.25) is 0 Å². The van der Waals surface area contributed by atoms with Gasteiger partial charge in [0.2, 0.25) is 0 Å². The minimum absolute atomic E-state index is 0.144. The number of aromatic nitrogens is 1. The minimum atomic E-state index is 0.144. The van der Waals surface area contributed by atoms with E-state index in [1.54, 1.807) is 11.3 Å². The number of nitrogens with zero attached hydrogens (tertiary/aromatic N) is 1. The molecule has 0 aliphatic rings. The summed E-state index contributed by atoms with van der Waals surface area (Å²) in [7, 11) is 0. The van der Waals surface area contributed by atoms with Crippen molar-refractivity contribution < 1.29 is 0 Å². The Morgan fingerprint density at radius 3 is 2.00 bits per heavy atom. The third-order valence-electron chi connectivity index (χ3n) is 4.02. The van der Waals surface area contributed by atoms with Gasteiger partial charge in [-0.1, -0.05) is 88.9 Å². The molecule has 0 amide bonds. The van der Waals surface area contributed by atoms with Gasteiger partial charge in [-0.2, -0.15) is 0 Å². The molecule has 1 nitrogen and oxygen atoms in total. The minimum Gasteiger partial charge on any atom is -0.213 e. The van der Waals surface area contributed by atoms with Gasteiger partial charge in [-0.15, -0.1) is 11.3 Å². The Morgan fingerprint density at radius 2 is 1.50 bits per heavy atom. The molecule has 0 saturated carbocycles. The summed E-state index contributed by atoms with van der Waals surface area (Å²) >= 11 is 13.9. The molecule has 116 valence electrons. The molecule has 20 heavy (non-hydrogen) atoms. The Bertz CT molecular complexity index is 392. The first-order valence-corrected chi connectivity index (χ1v) is 9.43. The number of hydrogen-bond acceptors (Lipinski definition) is 2. The lowest BCUT2D eigenvalue weighted by atomic mass is 9.79. The fourth-order valence-electron chi connectivity index (χ4n) is 2.71. The second kappa shape index (κ2) is 9.27. The van der Waals surface area contributed by atoms with E-state index in [0.717, 1.165) is 0 Å². The van der Waals surface area contributed by atoms with E-state index < -0.39 is 0 Å². The Balaban J connectivity index is 2.74. The summed E-state index contributed by atoms with van der Waals surface area (Å²) in [5.41, 5.74) is 0.144. The van der Waals surface area contributed by atoms with Crippen molar-refractivity contribution in [2.45, 2.75) is 84.0 Å². The molecule has 0 aliphatic carbocycles. The summed E-state index contributed by atoms with van der Waals surface area (Å²) < 4.78 is 0.570. The van der Waals surface area contributed by atoms with Gasteiger partial charge in [0.25, 0.3) is 0 Å². The summed E-state index contributed by atoms with van der Waals surface area (Å²) in [5, 5.41) is 0.620. The van der Waals surface area contributed by atoms with Crippen molar-refractivity contribution in [3.8, 4) is 0 Å². The zero-order valence-corrected chi connectivity index (χ0v) is 15.3. The van der Waals surface area contributed by atoms with E-state index in [1.165, 1.54) is 62.7 Å². The number of hydrogen-bond donors (Lipinski definition) is 0. The van der Waals surface area contributed by atoms with E-state index >= 15 is 0 Å². The maximum Gasteiger partial charge on any atom is 0.185 e. The first-order valence-electron chi connectivity index (χ1n) is 7.85. The second-order valence-electron chi connectivity index (χ2n) is 5.92. The molecule has 1 atom stereocenters. The van der Waals surface area contributed by atoms with Gasteiger partial charge in [0.05, 0.1) is 4.88 Å². The van der Waals surface area contributed by atoms with Crippen molar-refractivity contribution in [1.29, 1.82) is 0 Å². The predicted molar refractivity (Wildman–Crippen MR) is 92.4 cm³/mol. The van der Waals surface area contributed by atoms with Crippen molar-refractivity contribution in [3.63, 3.8) is 0 Å². The van der Waals surface area contributed by atoms with E-state index in [2.05, 4.69) is 25.8 Å². The lowest BCUT2D eigenvalue weighted by Gasteiger charge is -2.29. The van der Waals surface area contributed by atoms with Crippen molar-refractivity contribution in [3.05, 3.63) is 14.5 Å².